The Hall–Kier alpha value is -4.38. The van der Waals surface area contributed by atoms with Gasteiger partial charge in [-0.3, -0.25) is 4.98 Å². The van der Waals surface area contributed by atoms with Crippen molar-refractivity contribution in [2.24, 2.45) is 0 Å². The summed E-state index contributed by atoms with van der Waals surface area (Å²) in [6, 6.07) is 14.5. The van der Waals surface area contributed by atoms with Crippen molar-refractivity contribution in [2.75, 3.05) is 6.26 Å². The number of para-hydroxylation sites is 1. The Balaban J connectivity index is 1.59. The molecule has 0 atom stereocenters. The van der Waals surface area contributed by atoms with Gasteiger partial charge in [0.05, 0.1) is 11.7 Å². The standard InChI is InChI=1S/C24H16F2N4O4S/c1-35(31,32)21-9-8-14(13-28-21)33-15-11-19-22(30-24(29-19)18-7-2-3-10-27-18)20(12-15)34-23-16(25)5-4-6-17(23)26/h2-13H,1H3,(H,29,30). The highest BCUT2D eigenvalue weighted by molar-refractivity contribution is 7.90. The van der Waals surface area contributed by atoms with Crippen LogP contribution < -0.4 is 9.47 Å². The number of halogens is 2. The van der Waals surface area contributed by atoms with Crippen molar-refractivity contribution in [1.82, 2.24) is 19.9 Å². The Labute approximate surface area is 198 Å². The van der Waals surface area contributed by atoms with E-state index in [0.29, 0.717) is 22.6 Å². The monoisotopic (exact) mass is 494 g/mol. The third-order valence-electron chi connectivity index (χ3n) is 4.89. The maximum atomic E-state index is 14.3. The largest absolute Gasteiger partial charge is 0.456 e. The van der Waals surface area contributed by atoms with Crippen molar-refractivity contribution in [3.05, 3.63) is 84.7 Å². The maximum absolute atomic E-state index is 14.3. The molecule has 3 aromatic heterocycles. The number of hydrogen-bond acceptors (Lipinski definition) is 7. The van der Waals surface area contributed by atoms with Crippen LogP contribution in [0.4, 0.5) is 8.78 Å². The number of fused-ring (bicyclic) bond motifs is 1. The van der Waals surface area contributed by atoms with E-state index >= 15 is 0 Å². The van der Waals surface area contributed by atoms with E-state index in [-0.39, 0.29) is 22.3 Å². The molecule has 5 rings (SSSR count). The first-order valence-corrected chi connectivity index (χ1v) is 12.1. The summed E-state index contributed by atoms with van der Waals surface area (Å²) < 4.78 is 63.3. The van der Waals surface area contributed by atoms with Crippen LogP contribution in [0.25, 0.3) is 22.6 Å². The first kappa shape index (κ1) is 22.4. The van der Waals surface area contributed by atoms with Crippen molar-refractivity contribution in [3.8, 4) is 34.5 Å². The van der Waals surface area contributed by atoms with Gasteiger partial charge >= 0.3 is 0 Å². The molecule has 0 bridgehead atoms. The lowest BCUT2D eigenvalue weighted by atomic mass is 10.2. The summed E-state index contributed by atoms with van der Waals surface area (Å²) in [5.74, 6) is -1.45. The summed E-state index contributed by atoms with van der Waals surface area (Å²) in [5, 5.41) is -0.104. The molecule has 0 unspecified atom stereocenters. The van der Waals surface area contributed by atoms with E-state index < -0.39 is 27.2 Å². The molecule has 0 saturated carbocycles. The molecule has 11 heteroatoms. The molecule has 0 aliphatic rings. The molecular weight excluding hydrogens is 478 g/mol. The van der Waals surface area contributed by atoms with Gasteiger partial charge in [-0.1, -0.05) is 12.1 Å². The second-order valence-corrected chi connectivity index (χ2v) is 9.44. The lowest BCUT2D eigenvalue weighted by Crippen LogP contribution is -2.00. The number of nitrogens with one attached hydrogen (secondary N) is 1. The summed E-state index contributed by atoms with van der Waals surface area (Å²) in [6.45, 7) is 0. The average molecular weight is 494 g/mol. The summed E-state index contributed by atoms with van der Waals surface area (Å²) in [5.41, 5.74) is 1.30. The van der Waals surface area contributed by atoms with Crippen LogP contribution >= 0.6 is 0 Å². The highest BCUT2D eigenvalue weighted by atomic mass is 32.2. The van der Waals surface area contributed by atoms with E-state index in [1.165, 1.54) is 30.5 Å². The molecule has 8 nitrogen and oxygen atoms in total. The van der Waals surface area contributed by atoms with Crippen molar-refractivity contribution in [2.45, 2.75) is 5.03 Å². The van der Waals surface area contributed by atoms with E-state index in [2.05, 4.69) is 19.9 Å². The number of benzene rings is 2. The Morgan fingerprint density at radius 2 is 1.69 bits per heavy atom. The van der Waals surface area contributed by atoms with Crippen LogP contribution in [-0.4, -0.2) is 34.6 Å². The highest BCUT2D eigenvalue weighted by Gasteiger charge is 2.18. The number of imidazole rings is 1. The lowest BCUT2D eigenvalue weighted by Gasteiger charge is -2.11. The van der Waals surface area contributed by atoms with E-state index in [1.807, 2.05) is 0 Å². The number of H-pyrrole nitrogens is 1. The van der Waals surface area contributed by atoms with Gasteiger partial charge in [-0.15, -0.1) is 0 Å². The normalized spacial score (nSPS) is 11.5. The quantitative estimate of drug-likeness (QED) is 0.342. The maximum Gasteiger partial charge on any atom is 0.198 e. The van der Waals surface area contributed by atoms with E-state index in [4.69, 9.17) is 9.47 Å². The van der Waals surface area contributed by atoms with Crippen LogP contribution in [0.15, 0.2) is 78.1 Å². The Bertz CT molecular complexity index is 1620. The lowest BCUT2D eigenvalue weighted by molar-refractivity contribution is 0.406. The minimum atomic E-state index is -3.47. The molecular formula is C24H16F2N4O4S. The van der Waals surface area contributed by atoms with Gasteiger partial charge in [-0.05, 0) is 36.4 Å². The molecule has 0 radical (unpaired) electrons. The van der Waals surface area contributed by atoms with Gasteiger partial charge in [0.2, 0.25) is 0 Å². The zero-order chi connectivity index (χ0) is 24.6. The first-order valence-electron chi connectivity index (χ1n) is 10.2. The Kier molecular flexibility index (Phi) is 5.61. The molecule has 0 aliphatic heterocycles. The molecule has 5 aromatic rings. The van der Waals surface area contributed by atoms with Gasteiger partial charge in [-0.25, -0.2) is 27.2 Å². The fraction of sp³-hybridized carbons (Fsp3) is 0.0417. The minimum Gasteiger partial charge on any atom is -0.456 e. The number of rotatable bonds is 6. The van der Waals surface area contributed by atoms with Crippen LogP contribution in [0.1, 0.15) is 0 Å². The number of aromatic amines is 1. The predicted molar refractivity (Wildman–Crippen MR) is 123 cm³/mol. The van der Waals surface area contributed by atoms with Crippen LogP contribution in [-0.2, 0) is 9.84 Å². The summed E-state index contributed by atoms with van der Waals surface area (Å²) >= 11 is 0. The zero-order valence-corrected chi connectivity index (χ0v) is 18.9. The number of sulfone groups is 1. The number of hydrogen-bond donors (Lipinski definition) is 1. The van der Waals surface area contributed by atoms with Gasteiger partial charge < -0.3 is 14.5 Å². The molecule has 0 spiro atoms. The van der Waals surface area contributed by atoms with Crippen molar-refractivity contribution < 1.29 is 26.7 Å². The summed E-state index contributed by atoms with van der Waals surface area (Å²) in [4.78, 5) is 15.8. The van der Waals surface area contributed by atoms with Crippen molar-refractivity contribution in [1.29, 1.82) is 0 Å². The fourth-order valence-electron chi connectivity index (χ4n) is 3.29. The van der Waals surface area contributed by atoms with Gasteiger partial charge in [0.25, 0.3) is 0 Å². The Morgan fingerprint density at radius 3 is 2.34 bits per heavy atom. The van der Waals surface area contributed by atoms with Crippen molar-refractivity contribution in [3.63, 3.8) is 0 Å². The number of pyridine rings is 2. The molecule has 0 amide bonds. The van der Waals surface area contributed by atoms with Crippen LogP contribution in [0.3, 0.4) is 0 Å². The molecule has 1 N–H and O–H groups in total. The number of aromatic nitrogens is 4. The highest BCUT2D eigenvalue weighted by Crippen LogP contribution is 2.37. The van der Waals surface area contributed by atoms with Crippen LogP contribution in [0.2, 0.25) is 0 Å². The third-order valence-corrected chi connectivity index (χ3v) is 5.89. The van der Waals surface area contributed by atoms with Gasteiger partial charge in [-0.2, -0.15) is 0 Å². The summed E-state index contributed by atoms with van der Waals surface area (Å²) in [6.07, 6.45) is 3.91. The molecule has 2 aromatic carbocycles. The third kappa shape index (κ3) is 4.66. The average Bonchev–Trinajstić information content (AvgIpc) is 3.26. The molecule has 35 heavy (non-hydrogen) atoms. The van der Waals surface area contributed by atoms with E-state index in [9.17, 15) is 17.2 Å². The first-order chi connectivity index (χ1) is 16.8. The predicted octanol–water partition coefficient (Wildman–Crippen LogP) is 5.29. The van der Waals surface area contributed by atoms with Crippen LogP contribution in [0.5, 0.6) is 23.0 Å². The minimum absolute atomic E-state index is 0.0284. The molecule has 0 fully saturated rings. The fourth-order valence-corrected chi connectivity index (χ4v) is 3.85. The second kappa shape index (κ2) is 8.76. The SMILES string of the molecule is CS(=O)(=O)c1ccc(Oc2cc(Oc3c(F)cccc3F)c3nc(-c4ccccn4)[nH]c3c2)cn1. The molecule has 0 aliphatic carbocycles. The zero-order valence-electron chi connectivity index (χ0n) is 18.1. The van der Waals surface area contributed by atoms with Crippen molar-refractivity contribution >= 4 is 20.9 Å². The molecule has 0 saturated heterocycles. The van der Waals surface area contributed by atoms with Gasteiger partial charge in [0.1, 0.15) is 22.7 Å². The van der Waals surface area contributed by atoms with Gasteiger partial charge in [0, 0.05) is 24.6 Å². The Morgan fingerprint density at radius 1 is 0.886 bits per heavy atom. The van der Waals surface area contributed by atoms with Gasteiger partial charge in [0.15, 0.2) is 43.8 Å². The van der Waals surface area contributed by atoms with E-state index in [0.717, 1.165) is 18.4 Å². The smallest absolute Gasteiger partial charge is 0.198 e. The van der Waals surface area contributed by atoms with E-state index in [1.54, 1.807) is 30.5 Å². The van der Waals surface area contributed by atoms with Crippen LogP contribution in [0, 0.1) is 11.6 Å². The molecule has 176 valence electrons. The number of ether oxygens (including phenoxy) is 2. The topological polar surface area (TPSA) is 107 Å². The molecule has 3 heterocycles. The second-order valence-electron chi connectivity index (χ2n) is 7.48. The number of nitrogens with zero attached hydrogens (tertiary/aromatic N) is 3. The summed E-state index contributed by atoms with van der Waals surface area (Å²) in [7, 11) is -3.47.